The van der Waals surface area contributed by atoms with Crippen LogP contribution in [0.4, 0.5) is 13.2 Å². The first-order valence-electron chi connectivity index (χ1n) is 29.3. The SMILES string of the molecule is NC(=O)c1nn(CC(=O)N(CC(=O)NCc2cccc(Cl)c2F)Cc2ccccc2)c2ccccc12.NC(=O)c1nn(CC(=O)O)c2ccccc12.NCC(=O)CCc1cccc(Cl)c1F.O=C(CCc1cccc(Cl)c1F)CNCc1ccccc1.O=Cc1ccccc1. The maximum absolute atomic E-state index is 14.2. The number of nitrogens with two attached hydrogens (primary N) is 3. The van der Waals surface area contributed by atoms with Crippen LogP contribution in [0, 0.1) is 17.5 Å². The highest BCUT2D eigenvalue weighted by molar-refractivity contribution is 6.31. The molecule has 0 unspecified atom stereocenters. The number of nitrogens with one attached hydrogen (secondary N) is 2. The topological polar surface area (TPSA) is 298 Å². The summed E-state index contributed by atoms with van der Waals surface area (Å²) in [4.78, 5) is 93.7. The van der Waals surface area contributed by atoms with E-state index in [4.69, 9.17) is 57.1 Å². The van der Waals surface area contributed by atoms with Crippen molar-refractivity contribution in [2.24, 2.45) is 17.2 Å². The van der Waals surface area contributed by atoms with Gasteiger partial charge in [-0.2, -0.15) is 10.2 Å². The van der Waals surface area contributed by atoms with Gasteiger partial charge in [0.1, 0.15) is 48.4 Å². The van der Waals surface area contributed by atoms with Crippen molar-refractivity contribution >= 4 is 104 Å². The van der Waals surface area contributed by atoms with E-state index in [0.717, 1.165) is 23.0 Å². The molecule has 9 N–H and O–H groups in total. The molecule has 0 saturated heterocycles. The summed E-state index contributed by atoms with van der Waals surface area (Å²) in [5.41, 5.74) is 20.9. The molecule has 4 amide bonds. The molecule has 0 radical (unpaired) electrons. The number of amides is 4. The van der Waals surface area contributed by atoms with Gasteiger partial charge in [0.2, 0.25) is 11.8 Å². The summed E-state index contributed by atoms with van der Waals surface area (Å²) in [6, 6.07) is 56.1. The number of primary amides is 2. The summed E-state index contributed by atoms with van der Waals surface area (Å²) < 4.78 is 43.8. The first kappa shape index (κ1) is 73.7. The molecular weight excluding hydrogens is 1290 g/mol. The van der Waals surface area contributed by atoms with Crippen LogP contribution in [0.5, 0.6) is 0 Å². The molecule has 2 aromatic heterocycles. The van der Waals surface area contributed by atoms with Crippen LogP contribution in [0.25, 0.3) is 21.8 Å². The number of hydrogen-bond acceptors (Lipinski definition) is 12. The zero-order chi connectivity index (χ0) is 68.8. The molecule has 25 heteroatoms. The van der Waals surface area contributed by atoms with Crippen molar-refractivity contribution in [3.63, 3.8) is 0 Å². The molecule has 19 nitrogen and oxygen atoms in total. The van der Waals surface area contributed by atoms with E-state index in [1.165, 1.54) is 38.5 Å². The lowest BCUT2D eigenvalue weighted by Crippen LogP contribution is -2.41. The van der Waals surface area contributed by atoms with Crippen molar-refractivity contribution < 1.29 is 56.6 Å². The predicted octanol–water partition coefficient (Wildman–Crippen LogP) is 10.7. The monoisotopic (exact) mass is 1350 g/mol. The van der Waals surface area contributed by atoms with Crippen LogP contribution < -0.4 is 27.8 Å². The normalized spacial score (nSPS) is 10.4. The number of para-hydroxylation sites is 2. The van der Waals surface area contributed by atoms with Crippen molar-refractivity contribution in [3.8, 4) is 0 Å². The number of aryl methyl sites for hydroxylation is 2. The molecule has 10 rings (SSSR count). The van der Waals surface area contributed by atoms with E-state index < -0.39 is 47.0 Å². The lowest BCUT2D eigenvalue weighted by molar-refractivity contribution is -0.138. The number of rotatable bonds is 24. The van der Waals surface area contributed by atoms with E-state index >= 15 is 0 Å². The highest BCUT2D eigenvalue weighted by atomic mass is 35.5. The van der Waals surface area contributed by atoms with E-state index in [2.05, 4.69) is 20.8 Å². The van der Waals surface area contributed by atoms with Crippen molar-refractivity contribution in [1.29, 1.82) is 0 Å². The number of aromatic nitrogens is 4. The van der Waals surface area contributed by atoms with E-state index in [1.807, 2.05) is 78.9 Å². The van der Waals surface area contributed by atoms with E-state index in [-0.39, 0.29) is 95.8 Å². The van der Waals surface area contributed by atoms with Crippen molar-refractivity contribution in [1.82, 2.24) is 35.1 Å². The number of halogens is 6. The summed E-state index contributed by atoms with van der Waals surface area (Å²) >= 11 is 17.1. The lowest BCUT2D eigenvalue weighted by atomic mass is 10.1. The molecule has 492 valence electrons. The second kappa shape index (κ2) is 38.0. The first-order valence-corrected chi connectivity index (χ1v) is 30.4. The lowest BCUT2D eigenvalue weighted by Gasteiger charge is -2.23. The largest absolute Gasteiger partial charge is 0.480 e. The molecule has 0 atom stereocenters. The predicted molar refractivity (Wildman–Crippen MR) is 358 cm³/mol. The first-order chi connectivity index (χ1) is 45.7. The third-order valence-electron chi connectivity index (χ3n) is 13.8. The van der Waals surface area contributed by atoms with E-state index in [0.29, 0.717) is 58.7 Å². The van der Waals surface area contributed by atoms with E-state index in [1.54, 1.807) is 91.0 Å². The van der Waals surface area contributed by atoms with Gasteiger partial charge in [-0.05, 0) is 65.4 Å². The molecule has 0 fully saturated rings. The van der Waals surface area contributed by atoms with Gasteiger partial charge in [-0.25, -0.2) is 13.2 Å². The molecule has 2 heterocycles. The summed E-state index contributed by atoms with van der Waals surface area (Å²) in [5.74, 6) is -4.75. The fraction of sp³-hybridized carbons (Fsp3) is 0.171. The second-order valence-electron chi connectivity index (χ2n) is 20.7. The maximum Gasteiger partial charge on any atom is 0.325 e. The minimum atomic E-state index is -1.02. The van der Waals surface area contributed by atoms with Crippen LogP contribution in [-0.2, 0) is 69.5 Å². The van der Waals surface area contributed by atoms with Gasteiger partial charge in [-0.3, -0.25) is 47.7 Å². The maximum atomic E-state index is 14.2. The minimum Gasteiger partial charge on any atom is -0.480 e. The number of carbonyl (C=O) groups excluding carboxylic acids is 7. The molecule has 0 spiro atoms. The molecule has 10 aromatic rings. The number of ketones is 2. The fourth-order valence-electron chi connectivity index (χ4n) is 9.06. The minimum absolute atomic E-state index is 0.00217. The number of hydrogen-bond donors (Lipinski definition) is 6. The van der Waals surface area contributed by atoms with Crippen molar-refractivity contribution in [3.05, 3.63) is 271 Å². The Morgan fingerprint density at radius 2 is 0.958 bits per heavy atom. The van der Waals surface area contributed by atoms with Crippen LogP contribution in [-0.4, -0.2) is 96.7 Å². The zero-order valence-corrected chi connectivity index (χ0v) is 53.3. The average molecular weight is 1350 g/mol. The number of carbonyl (C=O) groups is 8. The third-order valence-corrected chi connectivity index (χ3v) is 14.7. The molecule has 0 saturated carbocycles. The van der Waals surface area contributed by atoms with Crippen molar-refractivity contribution in [2.45, 2.75) is 58.4 Å². The Morgan fingerprint density at radius 1 is 0.526 bits per heavy atom. The van der Waals surface area contributed by atoms with Gasteiger partial charge < -0.3 is 37.8 Å². The molecule has 95 heavy (non-hydrogen) atoms. The number of aliphatic carboxylic acids is 1. The Bertz CT molecular complexity index is 4260. The van der Waals surface area contributed by atoms with Crippen molar-refractivity contribution in [2.75, 3.05) is 19.6 Å². The van der Waals surface area contributed by atoms with Gasteiger partial charge in [-0.15, -0.1) is 0 Å². The number of carboxylic acid groups (broad SMARTS) is 1. The molecule has 0 aliphatic rings. The standard InChI is InChI=1S/C26H23ClFN5O3.C17H17ClFNO.C10H11ClFNO.C10H9N3O3.C7H6O/c27-20-11-6-9-18(24(20)28)13-30-22(34)15-32(14-17-7-2-1-3-8-17)23(35)16-33-21-12-5-4-10-19(21)25(31-33)26(29)36;18-16-8-4-7-14(17(16)19)9-10-15(21)12-20-11-13-5-2-1-3-6-13;11-9-3-1-2-7(10(9)12)4-5-8(14)6-13;11-10(16)9-6-3-1-2-4-7(6)13(12-9)5-8(14)15;8-6-7-4-2-1-3-5-7/h1-12H,13-16H2,(H2,29,36)(H,30,34);1-8,20H,9-12H2;1-3H,4-6,13H2;1-4H,5H2,(H2,11,16)(H,14,15);1-6H. The van der Waals surface area contributed by atoms with E-state index in [9.17, 15) is 51.5 Å². The van der Waals surface area contributed by atoms with Gasteiger partial charge >= 0.3 is 5.97 Å². The number of nitrogens with zero attached hydrogens (tertiary/aromatic N) is 5. The second-order valence-corrected chi connectivity index (χ2v) is 21.9. The van der Waals surface area contributed by atoms with Gasteiger partial charge in [0.25, 0.3) is 11.8 Å². The molecule has 0 aliphatic heterocycles. The third kappa shape index (κ3) is 23.3. The summed E-state index contributed by atoms with van der Waals surface area (Å²) in [7, 11) is 0. The Kier molecular flexibility index (Phi) is 29.5. The quantitative estimate of drug-likeness (QED) is 0.0307. The van der Waals surface area contributed by atoms with Gasteiger partial charge in [-0.1, -0.05) is 199 Å². The number of fused-ring (bicyclic) bond motifs is 2. The summed E-state index contributed by atoms with van der Waals surface area (Å²) in [5, 5.41) is 23.8. The Labute approximate surface area is 559 Å². The highest BCUT2D eigenvalue weighted by Crippen LogP contribution is 2.23. The van der Waals surface area contributed by atoms with Crippen LogP contribution in [0.3, 0.4) is 0 Å². The van der Waals surface area contributed by atoms with Crippen LogP contribution in [0.2, 0.25) is 15.1 Å². The van der Waals surface area contributed by atoms with Gasteiger partial charge in [0.15, 0.2) is 11.4 Å². The smallest absolute Gasteiger partial charge is 0.325 e. The number of carboxylic acids is 1. The zero-order valence-electron chi connectivity index (χ0n) is 51.0. The van der Waals surface area contributed by atoms with Crippen LogP contribution in [0.1, 0.15) is 72.0 Å². The molecule has 8 aromatic carbocycles. The van der Waals surface area contributed by atoms with Gasteiger partial charge in [0, 0.05) is 54.4 Å². The average Bonchev–Trinajstić information content (AvgIpc) is 1.66. The summed E-state index contributed by atoms with van der Waals surface area (Å²) in [6.07, 6.45) is 2.12. The molecule has 0 bridgehead atoms. The van der Waals surface area contributed by atoms with Crippen LogP contribution in [0.15, 0.2) is 194 Å². The highest BCUT2D eigenvalue weighted by Gasteiger charge is 2.23. The number of benzene rings is 8. The number of Topliss-reactive ketones (excluding diaryl/α,β-unsaturated/α-hetero) is 2. The van der Waals surface area contributed by atoms with Crippen LogP contribution >= 0.6 is 34.8 Å². The molecular formula is C70H66Cl3F3N10O9. The Balaban J connectivity index is 0.000000205. The molecule has 0 aliphatic carbocycles. The Morgan fingerprint density at radius 3 is 1.42 bits per heavy atom. The Hall–Kier alpha value is -10.4. The van der Waals surface area contributed by atoms with Gasteiger partial charge in [0.05, 0.1) is 45.7 Å². The summed E-state index contributed by atoms with van der Waals surface area (Å²) in [6.45, 7) is 0.255. The fourth-order valence-corrected chi connectivity index (χ4v) is 9.64. The number of aldehydes is 1.